The lowest BCUT2D eigenvalue weighted by molar-refractivity contribution is 0.0351. The first-order valence-electron chi connectivity index (χ1n) is 17.6. The Morgan fingerprint density at radius 2 is 1.39 bits per heavy atom. The molecule has 0 fully saturated rings. The van der Waals surface area contributed by atoms with Crippen molar-refractivity contribution < 1.29 is 32.3 Å². The van der Waals surface area contributed by atoms with Crippen LogP contribution in [0, 0.1) is 18.3 Å². The molecule has 0 saturated carbocycles. The van der Waals surface area contributed by atoms with Crippen LogP contribution in [0.5, 0.6) is 11.5 Å². The van der Waals surface area contributed by atoms with E-state index in [1.165, 1.54) is 6.20 Å². The molecule has 1 aromatic heterocycles. The highest BCUT2D eigenvalue weighted by Crippen LogP contribution is 2.56. The maximum absolute atomic E-state index is 15.2. The number of aromatic nitrogens is 2. The molecule has 13 nitrogen and oxygen atoms in total. The summed E-state index contributed by atoms with van der Waals surface area (Å²) in [6.45, 7) is 9.28. The largest absolute Gasteiger partial charge is 0.497 e. The fourth-order valence-electron chi connectivity index (χ4n) is 5.95. The second kappa shape index (κ2) is 20.0. The molecule has 1 heterocycles. The van der Waals surface area contributed by atoms with Crippen molar-refractivity contribution in [1.82, 2.24) is 14.2 Å². The first kappa shape index (κ1) is 42.6. The minimum absolute atomic E-state index is 0.00875. The molecule has 0 amide bonds. The number of nitriles is 1. The lowest BCUT2D eigenvalue weighted by atomic mass is 9.80. The van der Waals surface area contributed by atoms with Gasteiger partial charge in [0.2, 0.25) is 0 Å². The van der Waals surface area contributed by atoms with Gasteiger partial charge in [0.15, 0.2) is 0 Å². The third kappa shape index (κ3) is 10.6. The van der Waals surface area contributed by atoms with E-state index in [2.05, 4.69) is 11.1 Å². The van der Waals surface area contributed by atoms with Gasteiger partial charge in [0.1, 0.15) is 29.8 Å². The first-order chi connectivity index (χ1) is 25.9. The normalized spacial score (nSPS) is 13.5. The summed E-state index contributed by atoms with van der Waals surface area (Å²) < 4.78 is 54.7. The molecular weight excluding hydrogens is 730 g/mol. The van der Waals surface area contributed by atoms with E-state index in [-0.39, 0.29) is 38.3 Å². The van der Waals surface area contributed by atoms with Gasteiger partial charge in [-0.1, -0.05) is 54.6 Å². The number of nitrogens with zero attached hydrogens (tertiary/aromatic N) is 3. The summed E-state index contributed by atoms with van der Waals surface area (Å²) in [5, 5.41) is 9.21. The van der Waals surface area contributed by atoms with Crippen molar-refractivity contribution in [3.05, 3.63) is 128 Å². The summed E-state index contributed by atoms with van der Waals surface area (Å²) in [5.41, 5.74) is 0.121. The highest BCUT2D eigenvalue weighted by molar-refractivity contribution is 7.59. The second-order valence-corrected chi connectivity index (χ2v) is 16.8. The van der Waals surface area contributed by atoms with Crippen molar-refractivity contribution in [3.63, 3.8) is 0 Å². The number of H-pyrrole nitrogens is 1. The van der Waals surface area contributed by atoms with Crippen LogP contribution in [0.1, 0.15) is 56.4 Å². The third-order valence-electron chi connectivity index (χ3n) is 8.56. The van der Waals surface area contributed by atoms with Crippen molar-refractivity contribution >= 4 is 15.9 Å². The summed E-state index contributed by atoms with van der Waals surface area (Å²) in [6.07, 6.45) is 0.632. The van der Waals surface area contributed by atoms with Gasteiger partial charge in [-0.2, -0.15) is 5.26 Å². The second-order valence-electron chi connectivity index (χ2n) is 13.0. The molecule has 0 saturated heterocycles. The summed E-state index contributed by atoms with van der Waals surface area (Å²) in [5.74, 6) is 1.28. The molecule has 3 aromatic carbocycles. The van der Waals surface area contributed by atoms with Crippen LogP contribution in [0.4, 0.5) is 0 Å². The SMILES string of the molecule is COc1ccc(C(OCP(=O)(COP(OCCC#N)N(C(C)C)C(C)C)OCCn2c(=O)[nH]cc(C)c2=O)(c2ccccc2)c2ccc(OC)cc2)cc1. The zero-order valence-electron chi connectivity index (χ0n) is 31.9. The van der Waals surface area contributed by atoms with Crippen LogP contribution >= 0.6 is 15.9 Å². The number of benzene rings is 3. The average Bonchev–Trinajstić information content (AvgIpc) is 3.17. The number of hydrogen-bond acceptors (Lipinski definition) is 11. The summed E-state index contributed by atoms with van der Waals surface area (Å²) in [6, 6.07) is 26.5. The summed E-state index contributed by atoms with van der Waals surface area (Å²) in [4.78, 5) is 27.9. The predicted molar refractivity (Wildman–Crippen MR) is 209 cm³/mol. The summed E-state index contributed by atoms with van der Waals surface area (Å²) >= 11 is 0. The van der Waals surface area contributed by atoms with Crippen LogP contribution in [-0.4, -0.2) is 66.4 Å². The fourth-order valence-corrected chi connectivity index (χ4v) is 9.42. The van der Waals surface area contributed by atoms with Gasteiger partial charge < -0.3 is 32.8 Å². The van der Waals surface area contributed by atoms with E-state index in [4.69, 9.17) is 27.8 Å². The monoisotopic (exact) mass is 780 g/mol. The molecule has 54 heavy (non-hydrogen) atoms. The first-order valence-corrected chi connectivity index (χ1v) is 20.7. The fraction of sp³-hybridized carbons (Fsp3) is 0.410. The van der Waals surface area contributed by atoms with Gasteiger partial charge in [-0.3, -0.25) is 13.9 Å². The maximum Gasteiger partial charge on any atom is 0.328 e. The van der Waals surface area contributed by atoms with Crippen molar-refractivity contribution in [2.75, 3.05) is 40.1 Å². The number of ether oxygens (including phenoxy) is 3. The van der Waals surface area contributed by atoms with Gasteiger partial charge in [0.05, 0.1) is 46.5 Å². The van der Waals surface area contributed by atoms with Crippen molar-refractivity contribution in [2.24, 2.45) is 0 Å². The molecule has 1 N–H and O–H groups in total. The molecule has 0 aliphatic rings. The van der Waals surface area contributed by atoms with Gasteiger partial charge in [0, 0.05) is 23.8 Å². The minimum Gasteiger partial charge on any atom is -0.497 e. The zero-order valence-corrected chi connectivity index (χ0v) is 33.7. The maximum atomic E-state index is 15.2. The average molecular weight is 781 g/mol. The number of hydrogen-bond donors (Lipinski definition) is 1. The van der Waals surface area contributed by atoms with Crippen LogP contribution in [0.2, 0.25) is 0 Å². The molecule has 15 heteroatoms. The number of aryl methyl sites for hydroxylation is 1. The Bertz CT molecular complexity index is 1920. The molecule has 4 aromatic rings. The molecular formula is C39H50N4O9P2. The molecule has 4 rings (SSSR count). The van der Waals surface area contributed by atoms with Crippen LogP contribution in [0.15, 0.2) is 94.6 Å². The number of methoxy groups -OCH3 is 2. The van der Waals surface area contributed by atoms with Gasteiger partial charge in [0.25, 0.3) is 21.5 Å². The number of rotatable bonds is 21. The van der Waals surface area contributed by atoms with Gasteiger partial charge in [-0.25, -0.2) is 9.46 Å². The Hall–Kier alpha value is -4.11. The van der Waals surface area contributed by atoms with E-state index in [1.807, 2.05) is 111 Å². The van der Waals surface area contributed by atoms with E-state index in [0.717, 1.165) is 21.3 Å². The van der Waals surface area contributed by atoms with Crippen LogP contribution in [0.3, 0.4) is 0 Å². The molecule has 0 aliphatic carbocycles. The Kier molecular flexibility index (Phi) is 15.8. The molecule has 0 radical (unpaired) electrons. The minimum atomic E-state index is -3.96. The van der Waals surface area contributed by atoms with Crippen LogP contribution in [-0.2, 0) is 35.0 Å². The Balaban J connectivity index is 1.80. The highest BCUT2D eigenvalue weighted by atomic mass is 31.2. The lowest BCUT2D eigenvalue weighted by Crippen LogP contribution is -2.37. The summed E-state index contributed by atoms with van der Waals surface area (Å²) in [7, 11) is -2.58. The standard InChI is InChI=1S/C39H50N4O9P2/c1-29(2)43(30(3)4)53(50-24-11-22-40)51-28-54(46,52-25-23-42-37(44)31(5)26-41-38(42)45)27-49-39(32-12-9-8-10-13-32,33-14-18-35(47-6)19-15-33)34-16-20-36(48-7)21-17-34/h8-10,12-21,26,29-30H,11,23-25,27-28H2,1-7H3,(H,41,45). The number of nitrogens with one attached hydrogen (secondary N) is 1. The van der Waals surface area contributed by atoms with Crippen LogP contribution < -0.4 is 20.7 Å². The molecule has 0 aliphatic heterocycles. The van der Waals surface area contributed by atoms with Crippen LogP contribution in [0.25, 0.3) is 0 Å². The molecule has 0 spiro atoms. The quantitative estimate of drug-likeness (QED) is 0.0512. The lowest BCUT2D eigenvalue weighted by Gasteiger charge is -2.38. The zero-order chi connectivity index (χ0) is 39.3. The topological polar surface area (TPSA) is 154 Å². The van der Waals surface area contributed by atoms with E-state index >= 15 is 4.57 Å². The van der Waals surface area contributed by atoms with Gasteiger partial charge in [-0.05, 0) is 75.6 Å². The van der Waals surface area contributed by atoms with E-state index in [1.54, 1.807) is 21.1 Å². The Labute approximate surface area is 318 Å². The third-order valence-corrected chi connectivity index (χ3v) is 12.5. The van der Waals surface area contributed by atoms with E-state index in [9.17, 15) is 14.9 Å². The van der Waals surface area contributed by atoms with Crippen molar-refractivity contribution in [1.29, 1.82) is 5.26 Å². The Morgan fingerprint density at radius 1 is 0.833 bits per heavy atom. The smallest absolute Gasteiger partial charge is 0.328 e. The molecule has 2 atom stereocenters. The van der Waals surface area contributed by atoms with E-state index < -0.39 is 45.4 Å². The molecule has 0 bridgehead atoms. The van der Waals surface area contributed by atoms with Crippen molar-refractivity contribution in [2.45, 2.75) is 65.3 Å². The van der Waals surface area contributed by atoms with E-state index in [0.29, 0.717) is 17.1 Å². The van der Waals surface area contributed by atoms with Gasteiger partial charge in [-0.15, -0.1) is 0 Å². The van der Waals surface area contributed by atoms with Gasteiger partial charge >= 0.3 is 5.69 Å². The molecule has 290 valence electrons. The molecule has 2 unspecified atom stereocenters. The highest BCUT2D eigenvalue weighted by Gasteiger charge is 2.41. The predicted octanol–water partition coefficient (Wildman–Crippen LogP) is 7.37. The number of aromatic amines is 1. The van der Waals surface area contributed by atoms with Crippen molar-refractivity contribution in [3.8, 4) is 17.6 Å². The Morgan fingerprint density at radius 3 is 1.91 bits per heavy atom.